The van der Waals surface area contributed by atoms with Crippen molar-refractivity contribution in [3.8, 4) is 0 Å². The van der Waals surface area contributed by atoms with Gasteiger partial charge < -0.3 is 30.3 Å². The van der Waals surface area contributed by atoms with Crippen molar-refractivity contribution in [2.75, 3.05) is 13.2 Å². The molecule has 0 amide bonds. The van der Waals surface area contributed by atoms with Crippen LogP contribution in [-0.4, -0.2) is 68.4 Å². The predicted octanol–water partition coefficient (Wildman–Crippen LogP) is 5.35. The fourth-order valence-electron chi connectivity index (χ4n) is 2.93. The fraction of sp³-hybridized carbons (Fsp3) is 0.889. The summed E-state index contributed by atoms with van der Waals surface area (Å²) in [5.74, 6) is -0.732. The summed E-state index contributed by atoms with van der Waals surface area (Å²) < 4.78 is 5.43. The summed E-state index contributed by atoms with van der Waals surface area (Å²) in [4.78, 5) is 30.4. The van der Waals surface area contributed by atoms with Gasteiger partial charge in [-0.3, -0.25) is 14.4 Å². The Bertz CT molecular complexity index is 519. The van der Waals surface area contributed by atoms with Gasteiger partial charge in [0.1, 0.15) is 6.10 Å². The third kappa shape index (κ3) is 39.5. The van der Waals surface area contributed by atoms with Crippen LogP contribution in [-0.2, 0) is 19.1 Å². The topological polar surface area (TPSA) is 162 Å². The highest BCUT2D eigenvalue weighted by atomic mass is 16.5. The van der Waals surface area contributed by atoms with Crippen LogP contribution in [0.25, 0.3) is 0 Å². The van der Waals surface area contributed by atoms with Crippen LogP contribution in [0, 0.1) is 11.8 Å². The molecule has 9 nitrogen and oxygen atoms in total. The Morgan fingerprint density at radius 2 is 1.06 bits per heavy atom. The number of carboxylic acid groups (broad SMARTS) is 3. The van der Waals surface area contributed by atoms with E-state index in [9.17, 15) is 14.4 Å². The van der Waals surface area contributed by atoms with Crippen LogP contribution in [0.1, 0.15) is 119 Å². The third-order valence-corrected chi connectivity index (χ3v) is 5.14. The van der Waals surface area contributed by atoms with Gasteiger partial charge in [-0.2, -0.15) is 0 Å². The maximum Gasteiger partial charge on any atom is 0.303 e. The maximum atomic E-state index is 10.3. The van der Waals surface area contributed by atoms with E-state index < -0.39 is 29.6 Å². The van der Waals surface area contributed by atoms with Crippen molar-refractivity contribution in [1.82, 2.24) is 0 Å². The highest BCUT2D eigenvalue weighted by molar-refractivity contribution is 5.67. The van der Waals surface area contributed by atoms with E-state index in [1.807, 2.05) is 13.8 Å². The number of aliphatic hydroxyl groups excluding tert-OH is 2. The predicted molar refractivity (Wildman–Crippen MR) is 141 cm³/mol. The third-order valence-electron chi connectivity index (χ3n) is 5.14. The Hall–Kier alpha value is -1.71. The fourth-order valence-corrected chi connectivity index (χ4v) is 2.93. The number of ether oxygens (including phenoxy) is 1. The molecular weight excluding hydrogens is 468 g/mol. The lowest BCUT2D eigenvalue weighted by molar-refractivity contribution is -0.138. The van der Waals surface area contributed by atoms with E-state index in [4.69, 9.17) is 30.3 Å². The monoisotopic (exact) mass is 522 g/mol. The van der Waals surface area contributed by atoms with Gasteiger partial charge in [0, 0.05) is 19.3 Å². The number of hydrogen-bond acceptors (Lipinski definition) is 6. The van der Waals surface area contributed by atoms with E-state index >= 15 is 0 Å². The summed E-state index contributed by atoms with van der Waals surface area (Å²) >= 11 is 0. The normalized spacial score (nSPS) is 11.8. The molecule has 0 bridgehead atoms. The molecule has 0 aliphatic heterocycles. The Balaban J connectivity index is -0.000000476. The molecule has 0 aromatic heterocycles. The summed E-state index contributed by atoms with van der Waals surface area (Å²) in [6.07, 6.45) is 8.15. The zero-order chi connectivity index (χ0) is 28.6. The van der Waals surface area contributed by atoms with Crippen LogP contribution in [0.5, 0.6) is 0 Å². The van der Waals surface area contributed by atoms with Crippen molar-refractivity contribution in [3.05, 3.63) is 0 Å². The standard InChI is InChI=1S/C11H22O5.2C8H16O2/c1-11(2,16-8-9(13)7-12)6-4-3-5-10(14)15;2*1-7(2)5-3-4-6-8(9)10/h9,12-13H,3-8H2,1-2H3,(H,14,15);2*7H,3-6H2,1-2H3,(H,9,10). The first-order chi connectivity index (χ1) is 16.6. The number of aliphatic carboxylic acids is 3. The molecule has 0 rings (SSSR count). The number of aliphatic hydroxyl groups is 2. The van der Waals surface area contributed by atoms with Crippen LogP contribution < -0.4 is 0 Å². The largest absolute Gasteiger partial charge is 0.481 e. The minimum Gasteiger partial charge on any atom is -0.481 e. The molecule has 1 unspecified atom stereocenters. The Morgan fingerprint density at radius 1 is 0.694 bits per heavy atom. The highest BCUT2D eigenvalue weighted by Crippen LogP contribution is 2.18. The summed E-state index contributed by atoms with van der Waals surface area (Å²) in [6, 6.07) is 0. The Kier molecular flexibility index (Phi) is 26.9. The van der Waals surface area contributed by atoms with Gasteiger partial charge >= 0.3 is 17.9 Å². The van der Waals surface area contributed by atoms with Crippen LogP contribution in [0.3, 0.4) is 0 Å². The van der Waals surface area contributed by atoms with Gasteiger partial charge in [0.05, 0.1) is 18.8 Å². The van der Waals surface area contributed by atoms with Gasteiger partial charge in [0.2, 0.25) is 0 Å². The molecule has 0 saturated carbocycles. The molecule has 0 saturated heterocycles. The van der Waals surface area contributed by atoms with Crippen molar-refractivity contribution >= 4 is 17.9 Å². The van der Waals surface area contributed by atoms with Gasteiger partial charge in [0.15, 0.2) is 0 Å². The molecule has 5 N–H and O–H groups in total. The van der Waals surface area contributed by atoms with Crippen LogP contribution in [0.4, 0.5) is 0 Å². The lowest BCUT2D eigenvalue weighted by atomic mass is 10.0. The van der Waals surface area contributed by atoms with Gasteiger partial charge in [-0.1, -0.05) is 59.8 Å². The van der Waals surface area contributed by atoms with E-state index in [0.29, 0.717) is 31.1 Å². The van der Waals surface area contributed by atoms with Crippen molar-refractivity contribution in [2.45, 2.75) is 130 Å². The minimum atomic E-state index is -0.849. The number of carbonyl (C=O) groups is 3. The van der Waals surface area contributed by atoms with Crippen molar-refractivity contribution in [1.29, 1.82) is 0 Å². The second-order valence-electron chi connectivity index (χ2n) is 10.6. The molecule has 0 radical (unpaired) electrons. The van der Waals surface area contributed by atoms with E-state index in [-0.39, 0.29) is 19.6 Å². The zero-order valence-electron chi connectivity index (χ0n) is 23.5. The van der Waals surface area contributed by atoms with Gasteiger partial charge in [0.25, 0.3) is 0 Å². The Labute approximate surface area is 218 Å². The van der Waals surface area contributed by atoms with Crippen molar-refractivity contribution in [2.24, 2.45) is 11.8 Å². The maximum absolute atomic E-state index is 10.3. The summed E-state index contributed by atoms with van der Waals surface area (Å²) in [5, 5.41) is 42.7. The summed E-state index contributed by atoms with van der Waals surface area (Å²) in [7, 11) is 0. The molecule has 0 aliphatic carbocycles. The van der Waals surface area contributed by atoms with Crippen molar-refractivity contribution in [3.63, 3.8) is 0 Å². The molecule has 0 aromatic rings. The van der Waals surface area contributed by atoms with Gasteiger partial charge in [-0.25, -0.2) is 0 Å². The molecule has 0 heterocycles. The van der Waals surface area contributed by atoms with Crippen molar-refractivity contribution < 1.29 is 44.7 Å². The number of hydrogen-bond donors (Lipinski definition) is 5. The molecule has 216 valence electrons. The van der Waals surface area contributed by atoms with E-state index in [0.717, 1.165) is 51.4 Å². The second-order valence-corrected chi connectivity index (χ2v) is 10.6. The highest BCUT2D eigenvalue weighted by Gasteiger charge is 2.19. The average Bonchev–Trinajstić information content (AvgIpc) is 2.76. The molecule has 0 spiro atoms. The van der Waals surface area contributed by atoms with E-state index in [1.54, 1.807) is 0 Å². The molecule has 36 heavy (non-hydrogen) atoms. The summed E-state index contributed by atoms with van der Waals surface area (Å²) in [5.41, 5.74) is -0.394. The first-order valence-corrected chi connectivity index (χ1v) is 13.2. The molecule has 0 aromatic carbocycles. The number of rotatable bonds is 19. The molecule has 1 atom stereocenters. The second kappa shape index (κ2) is 25.0. The minimum absolute atomic E-state index is 0.0996. The lowest BCUT2D eigenvalue weighted by Gasteiger charge is -2.26. The molecule has 9 heteroatoms. The quantitative estimate of drug-likeness (QED) is 0.141. The molecule has 0 aliphatic rings. The van der Waals surface area contributed by atoms with E-state index in [2.05, 4.69) is 27.7 Å². The van der Waals surface area contributed by atoms with Crippen LogP contribution >= 0.6 is 0 Å². The van der Waals surface area contributed by atoms with Gasteiger partial charge in [-0.05, 0) is 51.4 Å². The summed E-state index contributed by atoms with van der Waals surface area (Å²) in [6.45, 7) is 12.2. The smallest absolute Gasteiger partial charge is 0.303 e. The first kappa shape index (κ1) is 38.8. The SMILES string of the molecule is CC(C)(CCCCC(=O)O)OCC(O)CO.CC(C)CCCCC(=O)O.CC(C)CCCCC(=O)O. The lowest BCUT2D eigenvalue weighted by Crippen LogP contribution is -2.30. The van der Waals surface area contributed by atoms with Crippen LogP contribution in [0.15, 0.2) is 0 Å². The molecular formula is C27H54O9. The Morgan fingerprint density at radius 3 is 1.36 bits per heavy atom. The van der Waals surface area contributed by atoms with E-state index in [1.165, 1.54) is 0 Å². The van der Waals surface area contributed by atoms with Gasteiger partial charge in [-0.15, -0.1) is 0 Å². The first-order valence-electron chi connectivity index (χ1n) is 13.2. The number of unbranched alkanes of at least 4 members (excludes halogenated alkanes) is 3. The number of carboxylic acids is 3. The average molecular weight is 523 g/mol. The molecule has 0 fully saturated rings. The zero-order valence-corrected chi connectivity index (χ0v) is 23.5. The van der Waals surface area contributed by atoms with Crippen LogP contribution in [0.2, 0.25) is 0 Å².